The van der Waals surface area contributed by atoms with E-state index in [-0.39, 0.29) is 12.5 Å². The van der Waals surface area contributed by atoms with E-state index in [0.29, 0.717) is 17.9 Å². The molecule has 0 unspecified atom stereocenters. The molecule has 25 heavy (non-hydrogen) atoms. The Balaban J connectivity index is 1.50. The van der Waals surface area contributed by atoms with E-state index in [0.717, 1.165) is 21.7 Å². The molecular formula is C19H15NO4S. The zero-order chi connectivity index (χ0) is 17.2. The highest BCUT2D eigenvalue weighted by molar-refractivity contribution is 7.99. The van der Waals surface area contributed by atoms with Crippen molar-refractivity contribution in [2.45, 2.75) is 4.90 Å². The van der Waals surface area contributed by atoms with Crippen LogP contribution in [0.4, 0.5) is 5.69 Å². The minimum atomic E-state index is -0.414. The van der Waals surface area contributed by atoms with Gasteiger partial charge in [0, 0.05) is 34.7 Å². The Hall–Kier alpha value is -2.73. The van der Waals surface area contributed by atoms with Crippen LogP contribution < -0.4 is 15.3 Å². The number of ether oxygens (including phenoxy) is 1. The smallest absolute Gasteiger partial charge is 0.336 e. The number of benzene rings is 2. The van der Waals surface area contributed by atoms with Gasteiger partial charge in [0.05, 0.1) is 5.69 Å². The fourth-order valence-corrected chi connectivity index (χ4v) is 3.78. The highest BCUT2D eigenvalue weighted by Crippen LogP contribution is 2.34. The lowest BCUT2D eigenvalue weighted by atomic mass is 10.2. The molecular weight excluding hydrogens is 338 g/mol. The molecule has 0 atom stereocenters. The van der Waals surface area contributed by atoms with Crippen LogP contribution in [0.1, 0.15) is 0 Å². The van der Waals surface area contributed by atoms with Crippen molar-refractivity contribution in [3.63, 3.8) is 0 Å². The number of anilines is 1. The van der Waals surface area contributed by atoms with Crippen molar-refractivity contribution >= 4 is 34.3 Å². The molecule has 0 spiro atoms. The predicted octanol–water partition coefficient (Wildman–Crippen LogP) is 3.31. The monoisotopic (exact) mass is 353 g/mol. The normalized spacial score (nSPS) is 13.5. The second-order valence-electron chi connectivity index (χ2n) is 5.60. The lowest BCUT2D eigenvalue weighted by Gasteiger charge is -2.28. The zero-order valence-corrected chi connectivity index (χ0v) is 14.1. The number of thioether (sulfide) groups is 1. The Labute approximate surface area is 148 Å². The van der Waals surface area contributed by atoms with Gasteiger partial charge >= 0.3 is 5.63 Å². The number of carbonyl (C=O) groups is 1. The Morgan fingerprint density at radius 2 is 2.00 bits per heavy atom. The summed E-state index contributed by atoms with van der Waals surface area (Å²) in [6.45, 7) is 0.595. The summed E-state index contributed by atoms with van der Waals surface area (Å²) in [4.78, 5) is 26.7. The van der Waals surface area contributed by atoms with E-state index < -0.39 is 5.63 Å². The first-order chi connectivity index (χ1) is 12.2. The van der Waals surface area contributed by atoms with Crippen molar-refractivity contribution < 1.29 is 13.9 Å². The van der Waals surface area contributed by atoms with E-state index in [1.165, 1.54) is 6.07 Å². The minimum absolute atomic E-state index is 0.0679. The Kier molecular flexibility index (Phi) is 4.19. The van der Waals surface area contributed by atoms with Crippen molar-refractivity contribution in [3.8, 4) is 5.75 Å². The van der Waals surface area contributed by atoms with Crippen molar-refractivity contribution in [2.24, 2.45) is 0 Å². The van der Waals surface area contributed by atoms with Crippen LogP contribution in [0.15, 0.2) is 68.7 Å². The van der Waals surface area contributed by atoms with Gasteiger partial charge in [0.25, 0.3) is 5.91 Å². The molecule has 0 fully saturated rings. The Morgan fingerprint density at radius 1 is 1.16 bits per heavy atom. The second kappa shape index (κ2) is 6.64. The first-order valence-corrected chi connectivity index (χ1v) is 8.88. The SMILES string of the molecule is O=C(COc1ccc2ccc(=O)oc2c1)N1CCSc2ccccc21. The summed E-state index contributed by atoms with van der Waals surface area (Å²) in [5.41, 5.74) is 0.956. The zero-order valence-electron chi connectivity index (χ0n) is 13.3. The summed E-state index contributed by atoms with van der Waals surface area (Å²) in [6.07, 6.45) is 0. The summed E-state index contributed by atoms with van der Waals surface area (Å²) >= 11 is 1.75. The lowest BCUT2D eigenvalue weighted by Crippen LogP contribution is -2.38. The molecule has 0 bridgehead atoms. The van der Waals surface area contributed by atoms with Crippen LogP contribution in [0, 0.1) is 0 Å². The number of hydrogen-bond donors (Lipinski definition) is 0. The molecule has 1 aliphatic heterocycles. The van der Waals surface area contributed by atoms with Crippen LogP contribution in [0.3, 0.4) is 0 Å². The van der Waals surface area contributed by atoms with E-state index in [1.54, 1.807) is 40.9 Å². The number of amides is 1. The topological polar surface area (TPSA) is 59.8 Å². The molecule has 0 radical (unpaired) electrons. The fourth-order valence-electron chi connectivity index (χ4n) is 2.78. The maximum Gasteiger partial charge on any atom is 0.336 e. The number of para-hydroxylation sites is 1. The molecule has 0 aliphatic carbocycles. The summed E-state index contributed by atoms with van der Waals surface area (Å²) in [5.74, 6) is 1.27. The first kappa shape index (κ1) is 15.8. The van der Waals surface area contributed by atoms with Gasteiger partial charge in [-0.1, -0.05) is 12.1 Å². The molecule has 1 aromatic heterocycles. The molecule has 1 amide bonds. The van der Waals surface area contributed by atoms with E-state index >= 15 is 0 Å². The van der Waals surface area contributed by atoms with E-state index in [9.17, 15) is 9.59 Å². The number of rotatable bonds is 3. The van der Waals surface area contributed by atoms with Crippen molar-refractivity contribution in [1.29, 1.82) is 0 Å². The van der Waals surface area contributed by atoms with E-state index in [4.69, 9.17) is 9.15 Å². The fraction of sp³-hybridized carbons (Fsp3) is 0.158. The lowest BCUT2D eigenvalue weighted by molar-refractivity contribution is -0.120. The van der Waals surface area contributed by atoms with Crippen LogP contribution in [-0.2, 0) is 4.79 Å². The average Bonchev–Trinajstić information content (AvgIpc) is 2.65. The summed E-state index contributed by atoms with van der Waals surface area (Å²) in [5, 5.41) is 0.806. The van der Waals surface area contributed by atoms with Crippen molar-refractivity contribution in [2.75, 3.05) is 23.8 Å². The van der Waals surface area contributed by atoms with Crippen LogP contribution >= 0.6 is 11.8 Å². The van der Waals surface area contributed by atoms with Gasteiger partial charge in [-0.05, 0) is 30.3 Å². The van der Waals surface area contributed by atoms with Crippen LogP contribution in [0.5, 0.6) is 5.75 Å². The van der Waals surface area contributed by atoms with E-state index in [1.807, 2.05) is 24.3 Å². The number of fused-ring (bicyclic) bond motifs is 2. The molecule has 0 N–H and O–H groups in total. The predicted molar refractivity (Wildman–Crippen MR) is 97.5 cm³/mol. The number of nitrogens with zero attached hydrogens (tertiary/aromatic N) is 1. The maximum absolute atomic E-state index is 12.6. The van der Waals surface area contributed by atoms with Crippen molar-refractivity contribution in [1.82, 2.24) is 0 Å². The maximum atomic E-state index is 12.6. The molecule has 2 heterocycles. The second-order valence-corrected chi connectivity index (χ2v) is 6.74. The van der Waals surface area contributed by atoms with Gasteiger partial charge in [0.2, 0.25) is 0 Å². The van der Waals surface area contributed by atoms with E-state index in [2.05, 4.69) is 0 Å². The highest BCUT2D eigenvalue weighted by Gasteiger charge is 2.22. The highest BCUT2D eigenvalue weighted by atomic mass is 32.2. The van der Waals surface area contributed by atoms with Gasteiger partial charge in [0.1, 0.15) is 11.3 Å². The Bertz CT molecular complexity index is 998. The van der Waals surface area contributed by atoms with Gasteiger partial charge in [-0.15, -0.1) is 11.8 Å². The van der Waals surface area contributed by atoms with Gasteiger partial charge in [-0.3, -0.25) is 4.79 Å². The minimum Gasteiger partial charge on any atom is -0.484 e. The van der Waals surface area contributed by atoms with Crippen LogP contribution in [-0.4, -0.2) is 24.8 Å². The molecule has 4 rings (SSSR count). The molecule has 0 saturated heterocycles. The summed E-state index contributed by atoms with van der Waals surface area (Å²) in [6, 6.07) is 16.1. The average molecular weight is 353 g/mol. The van der Waals surface area contributed by atoms with Gasteiger partial charge in [0.15, 0.2) is 6.61 Å². The standard InChI is InChI=1S/C19H15NO4S/c21-18(20-9-10-25-17-4-2-1-3-15(17)20)12-23-14-7-5-13-6-8-19(22)24-16(13)11-14/h1-8,11H,9-10,12H2. The van der Waals surface area contributed by atoms with Crippen molar-refractivity contribution in [3.05, 3.63) is 65.0 Å². The van der Waals surface area contributed by atoms with Gasteiger partial charge < -0.3 is 14.1 Å². The third-order valence-corrected chi connectivity index (χ3v) is 5.03. The molecule has 0 saturated carbocycles. The van der Waals surface area contributed by atoms with Crippen LogP contribution in [0.2, 0.25) is 0 Å². The first-order valence-electron chi connectivity index (χ1n) is 7.90. The van der Waals surface area contributed by atoms with Crippen LogP contribution in [0.25, 0.3) is 11.0 Å². The number of carbonyl (C=O) groups excluding carboxylic acids is 1. The molecule has 1 aliphatic rings. The molecule has 2 aromatic carbocycles. The third-order valence-electron chi connectivity index (χ3n) is 3.99. The largest absolute Gasteiger partial charge is 0.484 e. The summed E-state index contributed by atoms with van der Waals surface area (Å²) in [7, 11) is 0. The van der Waals surface area contributed by atoms with Gasteiger partial charge in [-0.2, -0.15) is 0 Å². The summed E-state index contributed by atoms with van der Waals surface area (Å²) < 4.78 is 10.8. The molecule has 126 valence electrons. The molecule has 3 aromatic rings. The Morgan fingerprint density at radius 3 is 2.92 bits per heavy atom. The quantitative estimate of drug-likeness (QED) is 0.676. The molecule has 6 heteroatoms. The third kappa shape index (κ3) is 3.25. The molecule has 5 nitrogen and oxygen atoms in total. The van der Waals surface area contributed by atoms with Gasteiger partial charge in [-0.25, -0.2) is 4.79 Å². The number of hydrogen-bond acceptors (Lipinski definition) is 5.